The zero-order chi connectivity index (χ0) is 18.3. The van der Waals surface area contributed by atoms with E-state index in [1.807, 2.05) is 12.1 Å². The van der Waals surface area contributed by atoms with E-state index in [9.17, 15) is 14.4 Å². The average molecular weight is 352 g/mol. The van der Waals surface area contributed by atoms with Crippen molar-refractivity contribution in [3.8, 4) is 5.75 Å². The Morgan fingerprint density at radius 3 is 2.81 bits per heavy atom. The second kappa shape index (κ2) is 6.18. The minimum atomic E-state index is -0.903. The van der Waals surface area contributed by atoms with Gasteiger partial charge in [0.05, 0.1) is 11.3 Å². The predicted octanol–water partition coefficient (Wildman–Crippen LogP) is 2.13. The monoisotopic (exact) mass is 352 g/mol. The molecule has 0 bridgehead atoms. The lowest BCUT2D eigenvalue weighted by Gasteiger charge is -2.25. The Hall–Kier alpha value is -3.35. The van der Waals surface area contributed by atoms with E-state index in [1.54, 1.807) is 37.3 Å². The first-order valence-electron chi connectivity index (χ1n) is 8.22. The lowest BCUT2D eigenvalue weighted by Crippen LogP contribution is -2.38. The second-order valence-electron chi connectivity index (χ2n) is 6.20. The van der Waals surface area contributed by atoms with E-state index < -0.39 is 24.1 Å². The summed E-state index contributed by atoms with van der Waals surface area (Å²) >= 11 is 0. The van der Waals surface area contributed by atoms with Gasteiger partial charge in [0, 0.05) is 12.1 Å². The molecule has 2 aromatic carbocycles. The van der Waals surface area contributed by atoms with Gasteiger partial charge < -0.3 is 20.1 Å². The molecule has 0 saturated heterocycles. The Morgan fingerprint density at radius 2 is 1.96 bits per heavy atom. The number of anilines is 2. The zero-order valence-corrected chi connectivity index (χ0v) is 13.9. The molecule has 2 aliphatic rings. The maximum absolute atomic E-state index is 12.5. The van der Waals surface area contributed by atoms with Gasteiger partial charge in [-0.3, -0.25) is 9.59 Å². The zero-order valence-electron chi connectivity index (χ0n) is 13.9. The minimum absolute atomic E-state index is 0.251. The number of hydrogen-bond acceptors (Lipinski definition) is 5. The number of nitrogens with one attached hydrogen (secondary N) is 2. The lowest BCUT2D eigenvalue weighted by molar-refractivity contribution is -0.125. The number of fused-ring (bicyclic) bond motifs is 2. The van der Waals surface area contributed by atoms with Crippen LogP contribution in [0.25, 0.3) is 0 Å². The molecule has 7 nitrogen and oxygen atoms in total. The van der Waals surface area contributed by atoms with Gasteiger partial charge in [0.15, 0.2) is 12.2 Å². The molecule has 2 amide bonds. The van der Waals surface area contributed by atoms with Gasteiger partial charge in [-0.25, -0.2) is 4.79 Å². The summed E-state index contributed by atoms with van der Waals surface area (Å²) in [5, 5.41) is 5.44. The van der Waals surface area contributed by atoms with Crippen LogP contribution in [0.1, 0.15) is 22.8 Å². The van der Waals surface area contributed by atoms with Crippen LogP contribution in [0.3, 0.4) is 0 Å². The number of ether oxygens (including phenoxy) is 2. The molecule has 0 aromatic heterocycles. The average Bonchev–Trinajstić information content (AvgIpc) is 2.63. The number of carbonyl (C=O) groups is 3. The first kappa shape index (κ1) is 16.1. The fraction of sp³-hybridized carbons (Fsp3) is 0.211. The van der Waals surface area contributed by atoms with E-state index in [0.29, 0.717) is 29.1 Å². The molecule has 2 heterocycles. The van der Waals surface area contributed by atoms with Crippen molar-refractivity contribution < 1.29 is 23.9 Å². The number of esters is 1. The van der Waals surface area contributed by atoms with Crippen LogP contribution in [-0.4, -0.2) is 30.0 Å². The van der Waals surface area contributed by atoms with Crippen molar-refractivity contribution in [1.82, 2.24) is 0 Å². The Labute approximate surface area is 149 Å². The number of hydrogen-bond donors (Lipinski definition) is 2. The van der Waals surface area contributed by atoms with Gasteiger partial charge in [-0.2, -0.15) is 0 Å². The summed E-state index contributed by atoms with van der Waals surface area (Å²) < 4.78 is 10.7. The molecule has 0 radical (unpaired) electrons. The van der Waals surface area contributed by atoms with Crippen LogP contribution in [0.2, 0.25) is 0 Å². The van der Waals surface area contributed by atoms with Gasteiger partial charge in [-0.05, 0) is 36.8 Å². The molecule has 0 unspecified atom stereocenters. The van der Waals surface area contributed by atoms with Gasteiger partial charge in [-0.15, -0.1) is 0 Å². The third-order valence-electron chi connectivity index (χ3n) is 4.36. The molecule has 2 N–H and O–H groups in total. The number of cyclic esters (lactones) is 1. The maximum Gasteiger partial charge on any atom is 0.339 e. The highest BCUT2D eigenvalue weighted by Crippen LogP contribution is 2.32. The van der Waals surface area contributed by atoms with Crippen LogP contribution in [-0.2, 0) is 20.7 Å². The third-order valence-corrected chi connectivity index (χ3v) is 4.36. The summed E-state index contributed by atoms with van der Waals surface area (Å²) in [4.78, 5) is 36.3. The molecule has 0 saturated carbocycles. The van der Waals surface area contributed by atoms with Crippen LogP contribution >= 0.6 is 0 Å². The molecule has 2 aromatic rings. The van der Waals surface area contributed by atoms with Gasteiger partial charge in [0.1, 0.15) is 5.75 Å². The summed E-state index contributed by atoms with van der Waals surface area (Å²) in [6, 6.07) is 12.0. The molecule has 0 aliphatic carbocycles. The minimum Gasteiger partial charge on any atom is -0.479 e. The number of amides is 2. The van der Waals surface area contributed by atoms with Gasteiger partial charge >= 0.3 is 5.97 Å². The summed E-state index contributed by atoms with van der Waals surface area (Å²) in [6.07, 6.45) is -1.15. The molecule has 2 aliphatic heterocycles. The molecule has 26 heavy (non-hydrogen) atoms. The summed E-state index contributed by atoms with van der Waals surface area (Å²) in [6.45, 7) is 1.66. The normalized spacial score (nSPS) is 20.8. The van der Waals surface area contributed by atoms with Crippen LogP contribution in [0.5, 0.6) is 5.75 Å². The van der Waals surface area contributed by atoms with E-state index in [0.717, 1.165) is 5.56 Å². The topological polar surface area (TPSA) is 93.7 Å². The van der Waals surface area contributed by atoms with Crippen molar-refractivity contribution in [3.05, 3.63) is 53.6 Å². The highest BCUT2D eigenvalue weighted by Gasteiger charge is 2.31. The van der Waals surface area contributed by atoms with E-state index in [1.165, 1.54) is 0 Å². The molecular formula is C19H16N2O5. The van der Waals surface area contributed by atoms with Crippen molar-refractivity contribution in [1.29, 1.82) is 0 Å². The Bertz CT molecular complexity index is 924. The fourth-order valence-corrected chi connectivity index (χ4v) is 2.99. The predicted molar refractivity (Wildman–Crippen MR) is 93.1 cm³/mol. The largest absolute Gasteiger partial charge is 0.479 e. The smallest absolute Gasteiger partial charge is 0.339 e. The van der Waals surface area contributed by atoms with Crippen molar-refractivity contribution in [2.45, 2.75) is 25.6 Å². The molecule has 0 spiro atoms. The Balaban J connectivity index is 1.50. The molecule has 2 atom stereocenters. The molecule has 0 fully saturated rings. The van der Waals surface area contributed by atoms with Gasteiger partial charge in [0.2, 0.25) is 0 Å². The maximum atomic E-state index is 12.5. The van der Waals surface area contributed by atoms with Gasteiger partial charge in [0.25, 0.3) is 11.8 Å². The molecule has 132 valence electrons. The van der Waals surface area contributed by atoms with E-state index in [-0.39, 0.29) is 5.91 Å². The second-order valence-corrected chi connectivity index (χ2v) is 6.20. The number of rotatable bonds is 2. The fourth-order valence-electron chi connectivity index (χ4n) is 2.99. The summed E-state index contributed by atoms with van der Waals surface area (Å²) in [5.74, 6) is -0.650. The van der Waals surface area contributed by atoms with Crippen LogP contribution in [0.15, 0.2) is 42.5 Å². The third kappa shape index (κ3) is 2.88. The van der Waals surface area contributed by atoms with Crippen LogP contribution < -0.4 is 15.4 Å². The standard InChI is InChI=1S/C19H16N2O5/c1-10-17(22)21-14-9-12(6-7-15(14)25-10)20-18(23)16-8-11-4-2-3-5-13(11)19(24)26-16/h2-7,9-10,16H,8H2,1H3,(H,20,23)(H,21,22)/t10-,16+/m0/s1. The Morgan fingerprint density at radius 1 is 1.15 bits per heavy atom. The number of benzene rings is 2. The molecule has 4 rings (SSSR count). The summed E-state index contributed by atoms with van der Waals surface area (Å²) in [7, 11) is 0. The van der Waals surface area contributed by atoms with Crippen LogP contribution in [0, 0.1) is 0 Å². The van der Waals surface area contributed by atoms with E-state index >= 15 is 0 Å². The first-order valence-corrected chi connectivity index (χ1v) is 8.22. The van der Waals surface area contributed by atoms with Crippen molar-refractivity contribution in [2.24, 2.45) is 0 Å². The first-order chi connectivity index (χ1) is 12.5. The molecule has 7 heteroatoms. The highest BCUT2D eigenvalue weighted by atomic mass is 16.5. The summed E-state index contributed by atoms with van der Waals surface area (Å²) in [5.41, 5.74) is 2.22. The number of carbonyl (C=O) groups excluding carboxylic acids is 3. The lowest BCUT2D eigenvalue weighted by atomic mass is 9.98. The van der Waals surface area contributed by atoms with E-state index in [4.69, 9.17) is 9.47 Å². The van der Waals surface area contributed by atoms with Crippen molar-refractivity contribution in [3.63, 3.8) is 0 Å². The van der Waals surface area contributed by atoms with Gasteiger partial charge in [-0.1, -0.05) is 18.2 Å². The van der Waals surface area contributed by atoms with Crippen molar-refractivity contribution >= 4 is 29.2 Å². The van der Waals surface area contributed by atoms with E-state index in [2.05, 4.69) is 10.6 Å². The quantitative estimate of drug-likeness (QED) is 0.808. The SMILES string of the molecule is C[C@@H]1Oc2ccc(NC(=O)[C@H]3Cc4ccccc4C(=O)O3)cc2NC1=O. The van der Waals surface area contributed by atoms with Crippen molar-refractivity contribution in [2.75, 3.05) is 10.6 Å². The Kier molecular flexibility index (Phi) is 3.84. The molecular weight excluding hydrogens is 336 g/mol. The van der Waals surface area contributed by atoms with Crippen LogP contribution in [0.4, 0.5) is 11.4 Å². The highest BCUT2D eigenvalue weighted by molar-refractivity contribution is 6.01.